The molecule has 11 heteroatoms. The van der Waals surface area contributed by atoms with Gasteiger partial charge in [0.05, 0.1) is 35.7 Å². The van der Waals surface area contributed by atoms with Gasteiger partial charge in [0.1, 0.15) is 23.9 Å². The Morgan fingerprint density at radius 2 is 1.65 bits per heavy atom. The van der Waals surface area contributed by atoms with Crippen molar-refractivity contribution in [3.8, 4) is 0 Å². The van der Waals surface area contributed by atoms with Crippen LogP contribution in [-0.4, -0.2) is 89.7 Å². The third-order valence-corrected chi connectivity index (χ3v) is 16.8. The van der Waals surface area contributed by atoms with Gasteiger partial charge >= 0.3 is 11.9 Å². The number of rotatable bonds is 8. The van der Waals surface area contributed by atoms with Crippen molar-refractivity contribution in [2.24, 2.45) is 16.7 Å². The minimum atomic E-state index is -2.54. The molecule has 0 aromatic heterocycles. The highest BCUT2D eigenvalue weighted by Crippen LogP contribution is 2.64. The Labute approximate surface area is 272 Å². The molecule has 9 atom stereocenters. The number of Topliss-reactive ketones (excluding diaryl/α,β-unsaturated/α-hetero) is 1. The maximum Gasteiger partial charge on any atom is 0.338 e. The molecular weight excluding hydrogens is 608 g/mol. The van der Waals surface area contributed by atoms with Crippen LogP contribution >= 0.6 is 0 Å². The molecule has 0 radical (unpaired) electrons. The summed E-state index contributed by atoms with van der Waals surface area (Å²) in [6, 6.07) is 10.5. The average Bonchev–Trinajstić information content (AvgIpc) is 3.01. The SMILES string of the molecule is CC[Si](CC)(CC)O[C@H]1C(=O)[C@@]2(C)[C@H]([C@H](OC(=O)c3ccccc3)[C@]3(O)C[C@H](O)C(C)=C1C3(C)C)[C@]1(OC(C)=O)CO[C@@H]1C[C@@H]2O. The Kier molecular flexibility index (Phi) is 9.05. The number of hydrogen-bond donors (Lipinski definition) is 3. The van der Waals surface area contributed by atoms with Crippen LogP contribution in [0.15, 0.2) is 41.5 Å². The zero-order valence-electron chi connectivity index (χ0n) is 28.3. The van der Waals surface area contributed by atoms with Gasteiger partial charge in [0.25, 0.3) is 0 Å². The fourth-order valence-corrected chi connectivity index (χ4v) is 11.7. The summed E-state index contributed by atoms with van der Waals surface area (Å²) in [5.41, 5.74) is -5.36. The predicted octanol–water partition coefficient (Wildman–Crippen LogP) is 4.11. The van der Waals surface area contributed by atoms with Crippen molar-refractivity contribution in [1.82, 2.24) is 0 Å². The van der Waals surface area contributed by atoms with Crippen molar-refractivity contribution in [1.29, 1.82) is 0 Å². The number of hydrogen-bond acceptors (Lipinski definition) is 10. The monoisotopic (exact) mass is 658 g/mol. The Balaban J connectivity index is 1.84. The van der Waals surface area contributed by atoms with Gasteiger partial charge in [-0.05, 0) is 55.3 Å². The molecule has 1 saturated heterocycles. The number of carbonyl (C=O) groups is 3. The summed E-state index contributed by atoms with van der Waals surface area (Å²) in [4.78, 5) is 42.1. The summed E-state index contributed by atoms with van der Waals surface area (Å²) in [5.74, 6) is -3.10. The molecule has 1 aliphatic heterocycles. The number of ketones is 1. The van der Waals surface area contributed by atoms with Crippen LogP contribution in [0.3, 0.4) is 0 Å². The van der Waals surface area contributed by atoms with Gasteiger partial charge in [-0.15, -0.1) is 0 Å². The van der Waals surface area contributed by atoms with Gasteiger partial charge in [-0.2, -0.15) is 0 Å². The van der Waals surface area contributed by atoms with Crippen LogP contribution in [0.4, 0.5) is 0 Å². The zero-order valence-corrected chi connectivity index (χ0v) is 29.3. The second kappa shape index (κ2) is 11.9. The maximum atomic E-state index is 15.5. The molecule has 10 nitrogen and oxygen atoms in total. The van der Waals surface area contributed by atoms with Gasteiger partial charge in [0, 0.05) is 25.2 Å². The first kappa shape index (κ1) is 34.9. The molecule has 1 aromatic rings. The second-order valence-corrected chi connectivity index (χ2v) is 19.2. The molecule has 0 spiro atoms. The van der Waals surface area contributed by atoms with Crippen LogP contribution in [0, 0.1) is 16.7 Å². The lowest BCUT2D eigenvalue weighted by Crippen LogP contribution is -2.82. The Hall–Kier alpha value is -2.41. The van der Waals surface area contributed by atoms with Crippen LogP contribution in [0.25, 0.3) is 0 Å². The number of ether oxygens (including phenoxy) is 3. The Morgan fingerprint density at radius 1 is 1.04 bits per heavy atom. The van der Waals surface area contributed by atoms with E-state index >= 15 is 4.79 Å². The molecule has 0 amide bonds. The van der Waals surface area contributed by atoms with E-state index in [0.29, 0.717) is 11.1 Å². The topological polar surface area (TPSA) is 149 Å². The van der Waals surface area contributed by atoms with Gasteiger partial charge < -0.3 is 34.0 Å². The number of aliphatic hydroxyl groups is 3. The van der Waals surface area contributed by atoms with Crippen LogP contribution in [0.5, 0.6) is 0 Å². The largest absolute Gasteiger partial charge is 0.455 e. The van der Waals surface area contributed by atoms with E-state index in [4.69, 9.17) is 18.6 Å². The standard InChI is InChI=1S/C35H50O10Si/c1-9-46(10-2,11-3)45-27-26-20(4)23(37)18-35(41,32(26,6)7)30(43-31(40)22-15-13-12-14-16-22)28-33(8,29(27)39)24(38)17-25-34(28,19-42-25)44-21(5)36/h12-16,23-25,27-28,30,37-38,41H,9-11,17-19H2,1-8H3/t23-,24-,25+,27+,28-,30-,33+,34-,35+/m0/s1. The van der Waals surface area contributed by atoms with E-state index in [1.54, 1.807) is 58.0 Å². The van der Waals surface area contributed by atoms with Gasteiger partial charge in [0.15, 0.2) is 19.7 Å². The number of benzene rings is 1. The molecule has 3 fully saturated rings. The highest BCUT2D eigenvalue weighted by atomic mass is 28.4. The summed E-state index contributed by atoms with van der Waals surface area (Å²) in [7, 11) is -2.54. The lowest BCUT2D eigenvalue weighted by atomic mass is 9.44. The summed E-state index contributed by atoms with van der Waals surface area (Å²) < 4.78 is 25.4. The fraction of sp³-hybridized carbons (Fsp3) is 0.686. The number of carbonyl (C=O) groups excluding carboxylic acids is 3. The van der Waals surface area contributed by atoms with Crippen molar-refractivity contribution in [2.75, 3.05) is 6.61 Å². The Bertz CT molecular complexity index is 1400. The summed E-state index contributed by atoms with van der Waals surface area (Å²) in [6.07, 6.45) is -6.30. The minimum Gasteiger partial charge on any atom is -0.455 e. The first-order valence-electron chi connectivity index (χ1n) is 16.6. The molecule has 4 aliphatic rings. The molecule has 0 unspecified atom stereocenters. The molecule has 254 valence electrons. The lowest BCUT2D eigenvalue weighted by molar-refractivity contribution is -0.345. The molecule has 46 heavy (non-hydrogen) atoms. The summed E-state index contributed by atoms with van der Waals surface area (Å²) in [5, 5.41) is 36.8. The third-order valence-electron chi connectivity index (χ3n) is 12.2. The smallest absolute Gasteiger partial charge is 0.338 e. The number of esters is 2. The molecular formula is C35H50O10Si. The van der Waals surface area contributed by atoms with Crippen molar-refractivity contribution in [3.63, 3.8) is 0 Å². The lowest BCUT2D eigenvalue weighted by Gasteiger charge is -2.67. The molecule has 5 rings (SSSR count). The molecule has 3 N–H and O–H groups in total. The fourth-order valence-electron chi connectivity index (χ4n) is 8.99. The van der Waals surface area contributed by atoms with Crippen molar-refractivity contribution in [2.45, 2.75) is 128 Å². The summed E-state index contributed by atoms with van der Waals surface area (Å²) in [6.45, 7) is 14.2. The van der Waals surface area contributed by atoms with Crippen molar-refractivity contribution < 1.29 is 48.3 Å². The van der Waals surface area contributed by atoms with Crippen molar-refractivity contribution in [3.05, 3.63) is 47.0 Å². The van der Waals surface area contributed by atoms with Crippen LogP contribution < -0.4 is 0 Å². The number of fused-ring (bicyclic) bond motifs is 5. The zero-order chi connectivity index (χ0) is 34.0. The Morgan fingerprint density at radius 3 is 2.17 bits per heavy atom. The van der Waals surface area contributed by atoms with E-state index in [2.05, 4.69) is 20.8 Å². The quantitative estimate of drug-likeness (QED) is 0.212. The first-order valence-corrected chi connectivity index (χ1v) is 19.1. The molecule has 2 bridgehead atoms. The normalized spacial score (nSPS) is 38.5. The molecule has 3 aliphatic carbocycles. The highest BCUT2D eigenvalue weighted by molar-refractivity contribution is 6.73. The molecule has 1 heterocycles. The van der Waals surface area contributed by atoms with Crippen LogP contribution in [-0.2, 0) is 28.2 Å². The van der Waals surface area contributed by atoms with E-state index in [0.717, 1.165) is 18.1 Å². The van der Waals surface area contributed by atoms with Crippen LogP contribution in [0.1, 0.15) is 78.6 Å². The number of aliphatic hydroxyl groups excluding tert-OH is 2. The van der Waals surface area contributed by atoms with E-state index in [-0.39, 0.29) is 25.0 Å². The van der Waals surface area contributed by atoms with Gasteiger partial charge in [-0.3, -0.25) is 9.59 Å². The van der Waals surface area contributed by atoms with Crippen LogP contribution in [0.2, 0.25) is 18.1 Å². The highest BCUT2D eigenvalue weighted by Gasteiger charge is 2.78. The second-order valence-electron chi connectivity index (χ2n) is 14.5. The predicted molar refractivity (Wildman–Crippen MR) is 171 cm³/mol. The summed E-state index contributed by atoms with van der Waals surface area (Å²) >= 11 is 0. The van der Waals surface area contributed by atoms with E-state index in [1.165, 1.54) is 6.92 Å². The first-order chi connectivity index (χ1) is 21.5. The maximum absolute atomic E-state index is 15.5. The average molecular weight is 659 g/mol. The van der Waals surface area contributed by atoms with E-state index < -0.39 is 84.5 Å². The molecule has 1 aromatic carbocycles. The minimum absolute atomic E-state index is 0.0154. The van der Waals surface area contributed by atoms with Gasteiger partial charge in [0.2, 0.25) is 0 Å². The van der Waals surface area contributed by atoms with E-state index in [1.807, 2.05) is 0 Å². The van der Waals surface area contributed by atoms with Crippen molar-refractivity contribution >= 4 is 26.0 Å². The van der Waals surface area contributed by atoms with Gasteiger partial charge in [-0.25, -0.2) is 4.79 Å². The third kappa shape index (κ3) is 4.87. The molecule has 2 saturated carbocycles. The van der Waals surface area contributed by atoms with Gasteiger partial charge in [-0.1, -0.05) is 52.8 Å². The van der Waals surface area contributed by atoms with E-state index in [9.17, 15) is 24.9 Å².